The minimum absolute atomic E-state index is 0.333. The minimum Gasteiger partial charge on any atom is -0.495 e. The second kappa shape index (κ2) is 6.19. The van der Waals surface area contributed by atoms with Gasteiger partial charge in [-0.05, 0) is 6.07 Å². The summed E-state index contributed by atoms with van der Waals surface area (Å²) in [4.78, 5) is 22.5. The Hall–Kier alpha value is -2.77. The smallest absolute Gasteiger partial charge is 0.346 e. The van der Waals surface area contributed by atoms with Gasteiger partial charge < -0.3 is 9.47 Å². The number of hydrogen-bond donors (Lipinski definition) is 1. The summed E-state index contributed by atoms with van der Waals surface area (Å²) in [5.74, 6) is 0.847. The van der Waals surface area contributed by atoms with E-state index >= 15 is 0 Å². The lowest BCUT2D eigenvalue weighted by atomic mass is 10.0. The first-order valence-electron chi connectivity index (χ1n) is 7.50. The van der Waals surface area contributed by atoms with E-state index in [-0.39, 0.29) is 0 Å². The van der Waals surface area contributed by atoms with Gasteiger partial charge in [-0.2, -0.15) is 0 Å². The van der Waals surface area contributed by atoms with Crippen LogP contribution < -0.4 is 15.2 Å². The fourth-order valence-corrected chi connectivity index (χ4v) is 3.61. The molecule has 0 amide bonds. The Kier molecular flexibility index (Phi) is 3.97. The molecule has 0 bridgehead atoms. The maximum Gasteiger partial charge on any atom is 0.346 e. The summed E-state index contributed by atoms with van der Waals surface area (Å²) >= 11 is 13.1. The maximum atomic E-state index is 11.6. The summed E-state index contributed by atoms with van der Waals surface area (Å²) in [6.45, 7) is 0. The van der Waals surface area contributed by atoms with Gasteiger partial charge in [-0.3, -0.25) is 9.38 Å². The maximum absolute atomic E-state index is 11.6. The van der Waals surface area contributed by atoms with Crippen molar-refractivity contribution < 1.29 is 9.47 Å². The molecule has 132 valence electrons. The van der Waals surface area contributed by atoms with Crippen LogP contribution in [0, 0.1) is 0 Å². The highest BCUT2D eigenvalue weighted by Gasteiger charge is 2.22. The zero-order valence-corrected chi connectivity index (χ0v) is 15.2. The summed E-state index contributed by atoms with van der Waals surface area (Å²) in [6.07, 6.45) is 4.84. The van der Waals surface area contributed by atoms with Crippen molar-refractivity contribution >= 4 is 39.9 Å². The number of aromatic amines is 1. The summed E-state index contributed by atoms with van der Waals surface area (Å²) < 4.78 is 12.4. The van der Waals surface area contributed by atoms with E-state index in [4.69, 9.17) is 32.7 Å². The zero-order chi connectivity index (χ0) is 18.4. The number of rotatable bonds is 3. The normalized spacial score (nSPS) is 11.2. The van der Waals surface area contributed by atoms with Gasteiger partial charge in [-0.15, -0.1) is 0 Å². The van der Waals surface area contributed by atoms with E-state index in [0.29, 0.717) is 49.4 Å². The van der Waals surface area contributed by atoms with Gasteiger partial charge in [-0.1, -0.05) is 23.2 Å². The van der Waals surface area contributed by atoms with Gasteiger partial charge in [0.1, 0.15) is 22.8 Å². The number of methoxy groups -OCH3 is 2. The van der Waals surface area contributed by atoms with Gasteiger partial charge in [0, 0.05) is 41.2 Å². The van der Waals surface area contributed by atoms with Gasteiger partial charge >= 0.3 is 5.69 Å². The van der Waals surface area contributed by atoms with Crippen LogP contribution >= 0.6 is 23.2 Å². The number of pyridine rings is 1. The predicted molar refractivity (Wildman–Crippen MR) is 99.7 cm³/mol. The lowest BCUT2D eigenvalue weighted by Crippen LogP contribution is -2.10. The van der Waals surface area contributed by atoms with Crippen LogP contribution in [0.2, 0.25) is 10.0 Å². The lowest BCUT2D eigenvalue weighted by Gasteiger charge is -2.16. The van der Waals surface area contributed by atoms with Crippen molar-refractivity contribution in [2.75, 3.05) is 14.2 Å². The highest BCUT2D eigenvalue weighted by atomic mass is 35.5. The number of H-pyrrole nitrogens is 1. The van der Waals surface area contributed by atoms with Crippen LogP contribution in [0.3, 0.4) is 0 Å². The molecule has 7 nitrogen and oxygen atoms in total. The average molecular weight is 391 g/mol. The van der Waals surface area contributed by atoms with Crippen molar-refractivity contribution in [1.29, 1.82) is 0 Å². The molecular formula is C17H12Cl2N4O3. The summed E-state index contributed by atoms with van der Waals surface area (Å²) in [5.41, 5.74) is 1.87. The molecule has 0 saturated heterocycles. The predicted octanol–water partition coefficient (Wildman–Crippen LogP) is 3.56. The molecule has 9 heteroatoms. The molecule has 0 aliphatic heterocycles. The van der Waals surface area contributed by atoms with Crippen LogP contribution in [0.15, 0.2) is 35.5 Å². The Morgan fingerprint density at radius 1 is 1.08 bits per heavy atom. The van der Waals surface area contributed by atoms with Crippen molar-refractivity contribution in [3.8, 4) is 22.6 Å². The summed E-state index contributed by atoms with van der Waals surface area (Å²) in [6, 6.07) is 3.43. The topological polar surface area (TPSA) is 81.5 Å². The Morgan fingerprint density at radius 3 is 2.42 bits per heavy atom. The molecule has 0 spiro atoms. The van der Waals surface area contributed by atoms with Gasteiger partial charge in [0.25, 0.3) is 0 Å². The van der Waals surface area contributed by atoms with Crippen molar-refractivity contribution in [2.45, 2.75) is 0 Å². The number of hydrogen-bond acceptors (Lipinski definition) is 5. The Labute approximate surface area is 157 Å². The number of fused-ring (bicyclic) bond motifs is 3. The van der Waals surface area contributed by atoms with Gasteiger partial charge in [0.15, 0.2) is 0 Å². The Balaban J connectivity index is 2.17. The van der Waals surface area contributed by atoms with E-state index in [1.165, 1.54) is 20.4 Å². The fourth-order valence-electron chi connectivity index (χ4n) is 2.91. The zero-order valence-electron chi connectivity index (χ0n) is 13.7. The first kappa shape index (κ1) is 16.7. The highest BCUT2D eigenvalue weighted by molar-refractivity contribution is 6.41. The molecule has 0 saturated carbocycles. The standard InChI is InChI=1S/C17H12Cl2N4O3/c1-25-10-6-11(26-2)14(19)12(13(10)18)9-5-8-7-21-17(24)22-15(8)23-4-3-20-16(9)23/h3-7H,1-2H3,(H,21,22,24). The molecule has 0 aliphatic rings. The molecule has 0 aliphatic carbocycles. The van der Waals surface area contributed by atoms with Crippen LogP contribution in [-0.4, -0.2) is 33.6 Å². The molecule has 0 radical (unpaired) electrons. The van der Waals surface area contributed by atoms with E-state index in [9.17, 15) is 4.79 Å². The third-order valence-electron chi connectivity index (χ3n) is 4.09. The molecule has 1 N–H and O–H groups in total. The van der Waals surface area contributed by atoms with Crippen molar-refractivity contribution in [3.05, 3.63) is 51.3 Å². The monoisotopic (exact) mass is 390 g/mol. The van der Waals surface area contributed by atoms with Crippen LogP contribution in [0.1, 0.15) is 0 Å². The first-order chi connectivity index (χ1) is 12.5. The summed E-state index contributed by atoms with van der Waals surface area (Å²) in [5, 5.41) is 1.36. The third-order valence-corrected chi connectivity index (χ3v) is 4.84. The first-order valence-corrected chi connectivity index (χ1v) is 8.26. The van der Waals surface area contributed by atoms with Crippen molar-refractivity contribution in [3.63, 3.8) is 0 Å². The second-order valence-corrected chi connectivity index (χ2v) is 6.21. The van der Waals surface area contributed by atoms with Gasteiger partial charge in [-0.25, -0.2) is 14.8 Å². The van der Waals surface area contributed by atoms with Crippen LogP contribution in [-0.2, 0) is 0 Å². The fraction of sp³-hybridized carbons (Fsp3) is 0.118. The number of imidazole rings is 1. The molecule has 26 heavy (non-hydrogen) atoms. The van der Waals surface area contributed by atoms with Crippen LogP contribution in [0.25, 0.3) is 27.8 Å². The van der Waals surface area contributed by atoms with E-state index in [1.54, 1.807) is 22.9 Å². The Bertz CT molecular complexity index is 1190. The largest absolute Gasteiger partial charge is 0.495 e. The molecule has 3 heterocycles. The van der Waals surface area contributed by atoms with E-state index in [2.05, 4.69) is 15.0 Å². The van der Waals surface area contributed by atoms with E-state index < -0.39 is 5.69 Å². The molecule has 0 unspecified atom stereocenters. The van der Waals surface area contributed by atoms with E-state index in [0.717, 1.165) is 0 Å². The average Bonchev–Trinajstić information content (AvgIpc) is 3.12. The second-order valence-electron chi connectivity index (χ2n) is 5.46. The number of aromatic nitrogens is 4. The minimum atomic E-state index is -0.445. The number of nitrogens with zero attached hydrogens (tertiary/aromatic N) is 3. The molecule has 3 aromatic heterocycles. The number of benzene rings is 1. The molecule has 1 aromatic carbocycles. The van der Waals surface area contributed by atoms with E-state index in [1.807, 2.05) is 6.07 Å². The highest BCUT2D eigenvalue weighted by Crippen LogP contribution is 2.47. The summed E-state index contributed by atoms with van der Waals surface area (Å²) in [7, 11) is 3.02. The molecular weight excluding hydrogens is 379 g/mol. The Morgan fingerprint density at radius 2 is 1.77 bits per heavy atom. The number of nitrogens with one attached hydrogen (secondary N) is 1. The van der Waals surface area contributed by atoms with Crippen LogP contribution in [0.4, 0.5) is 0 Å². The number of halogens is 2. The number of ether oxygens (including phenoxy) is 2. The molecule has 4 rings (SSSR count). The molecule has 0 fully saturated rings. The van der Waals surface area contributed by atoms with Crippen LogP contribution in [0.5, 0.6) is 11.5 Å². The third kappa shape index (κ3) is 2.40. The quantitative estimate of drug-likeness (QED) is 0.578. The molecule has 0 atom stereocenters. The van der Waals surface area contributed by atoms with Crippen molar-refractivity contribution in [1.82, 2.24) is 19.4 Å². The van der Waals surface area contributed by atoms with Gasteiger partial charge in [0.05, 0.1) is 24.3 Å². The lowest BCUT2D eigenvalue weighted by molar-refractivity contribution is 0.395. The molecule has 4 aromatic rings. The van der Waals surface area contributed by atoms with Gasteiger partial charge in [0.2, 0.25) is 0 Å². The van der Waals surface area contributed by atoms with Crippen molar-refractivity contribution in [2.24, 2.45) is 0 Å². The SMILES string of the molecule is COc1cc(OC)c(Cl)c(-c2cc3cnc(=O)[nH]c3n3ccnc23)c1Cl.